The second-order valence-electron chi connectivity index (χ2n) is 6.46. The summed E-state index contributed by atoms with van der Waals surface area (Å²) < 4.78 is 5.97. The summed E-state index contributed by atoms with van der Waals surface area (Å²) in [5, 5.41) is 10.3. The van der Waals surface area contributed by atoms with Gasteiger partial charge >= 0.3 is 0 Å². The number of rotatable bonds is 2. The summed E-state index contributed by atoms with van der Waals surface area (Å²) >= 11 is 0. The van der Waals surface area contributed by atoms with Crippen LogP contribution in [0.4, 0.5) is 5.69 Å². The highest BCUT2D eigenvalue weighted by Gasteiger charge is 2.49. The standard InChI is InChI=1S/C18H23NO3/c1-13(2)15-16(20)19(14-9-5-3-6-10-14)18(22-17(15)21)11-7-4-8-12-18/h3,5-6,9-10,13,21H,4,7-8,11-12H2,1-2H3. The first kappa shape index (κ1) is 14.9. The highest BCUT2D eigenvalue weighted by Crippen LogP contribution is 2.43. The lowest BCUT2D eigenvalue weighted by molar-refractivity contribution is -0.135. The zero-order valence-electron chi connectivity index (χ0n) is 13.2. The molecule has 0 unspecified atom stereocenters. The Morgan fingerprint density at radius 2 is 1.77 bits per heavy atom. The third-order valence-corrected chi connectivity index (χ3v) is 4.58. The largest absolute Gasteiger partial charge is 0.481 e. The molecule has 1 aliphatic carbocycles. The van der Waals surface area contributed by atoms with E-state index in [9.17, 15) is 9.90 Å². The zero-order valence-corrected chi connectivity index (χ0v) is 13.2. The van der Waals surface area contributed by atoms with E-state index in [1.54, 1.807) is 4.90 Å². The number of anilines is 1. The molecule has 1 saturated carbocycles. The van der Waals surface area contributed by atoms with Crippen LogP contribution in [0.5, 0.6) is 0 Å². The Hall–Kier alpha value is -1.97. The van der Waals surface area contributed by atoms with Crippen molar-refractivity contribution in [3.05, 3.63) is 41.9 Å². The average molecular weight is 301 g/mol. The Labute approximate surface area is 131 Å². The van der Waals surface area contributed by atoms with E-state index < -0.39 is 5.72 Å². The van der Waals surface area contributed by atoms with Crippen LogP contribution in [0.1, 0.15) is 46.0 Å². The van der Waals surface area contributed by atoms with Gasteiger partial charge in [0.1, 0.15) is 5.57 Å². The minimum Gasteiger partial charge on any atom is -0.481 e. The van der Waals surface area contributed by atoms with Gasteiger partial charge in [0.2, 0.25) is 0 Å². The van der Waals surface area contributed by atoms with Crippen molar-refractivity contribution in [1.29, 1.82) is 0 Å². The van der Waals surface area contributed by atoms with Crippen LogP contribution in [0.25, 0.3) is 0 Å². The molecule has 0 bridgehead atoms. The molecule has 22 heavy (non-hydrogen) atoms. The number of hydrogen-bond donors (Lipinski definition) is 1. The van der Waals surface area contributed by atoms with Crippen LogP contribution in [0, 0.1) is 5.92 Å². The van der Waals surface area contributed by atoms with Crippen molar-refractivity contribution in [3.8, 4) is 0 Å². The molecule has 1 fully saturated rings. The van der Waals surface area contributed by atoms with Gasteiger partial charge in [0.25, 0.3) is 11.9 Å². The number of hydrogen-bond acceptors (Lipinski definition) is 3. The fourth-order valence-electron chi connectivity index (χ4n) is 3.53. The normalized spacial score (nSPS) is 21.4. The number of aliphatic hydroxyl groups is 1. The van der Waals surface area contributed by atoms with E-state index >= 15 is 0 Å². The Balaban J connectivity index is 2.11. The predicted octanol–water partition coefficient (Wildman–Crippen LogP) is 4.14. The van der Waals surface area contributed by atoms with E-state index in [1.165, 1.54) is 0 Å². The van der Waals surface area contributed by atoms with E-state index in [-0.39, 0.29) is 17.8 Å². The van der Waals surface area contributed by atoms with Gasteiger partial charge in [-0.15, -0.1) is 0 Å². The maximum atomic E-state index is 13.1. The molecule has 0 saturated heterocycles. The Morgan fingerprint density at radius 1 is 1.14 bits per heavy atom. The summed E-state index contributed by atoms with van der Waals surface area (Å²) in [4.78, 5) is 14.8. The lowest BCUT2D eigenvalue weighted by Gasteiger charge is -2.48. The summed E-state index contributed by atoms with van der Waals surface area (Å²) in [6, 6.07) is 9.64. The van der Waals surface area contributed by atoms with Gasteiger partial charge in [0.05, 0.1) is 0 Å². The van der Waals surface area contributed by atoms with Crippen molar-refractivity contribution in [2.45, 2.75) is 51.7 Å². The first-order valence-electron chi connectivity index (χ1n) is 8.07. The van der Waals surface area contributed by atoms with E-state index in [1.807, 2.05) is 44.2 Å². The molecule has 1 N–H and O–H groups in total. The van der Waals surface area contributed by atoms with E-state index in [4.69, 9.17) is 4.74 Å². The van der Waals surface area contributed by atoms with Crippen LogP contribution in [0.2, 0.25) is 0 Å². The van der Waals surface area contributed by atoms with Crippen molar-refractivity contribution in [2.24, 2.45) is 5.92 Å². The molecule has 3 rings (SSSR count). The number of carbonyl (C=O) groups excluding carboxylic acids is 1. The van der Waals surface area contributed by atoms with Crippen LogP contribution in [0.3, 0.4) is 0 Å². The highest BCUT2D eigenvalue weighted by atomic mass is 16.6. The summed E-state index contributed by atoms with van der Waals surface area (Å²) in [5.74, 6) is -0.402. The molecule has 0 atom stereocenters. The molecular formula is C18H23NO3. The molecule has 4 nitrogen and oxygen atoms in total. The Bertz CT molecular complexity index is 586. The van der Waals surface area contributed by atoms with Crippen LogP contribution < -0.4 is 4.90 Å². The van der Waals surface area contributed by atoms with Crippen molar-refractivity contribution >= 4 is 11.6 Å². The lowest BCUT2D eigenvalue weighted by atomic mass is 9.87. The van der Waals surface area contributed by atoms with Crippen LogP contribution in [-0.4, -0.2) is 16.7 Å². The average Bonchev–Trinajstić information content (AvgIpc) is 2.48. The van der Waals surface area contributed by atoms with Gasteiger partial charge in [-0.25, -0.2) is 0 Å². The van der Waals surface area contributed by atoms with Crippen LogP contribution in [-0.2, 0) is 9.53 Å². The molecule has 1 amide bonds. The van der Waals surface area contributed by atoms with Crippen LogP contribution in [0.15, 0.2) is 41.9 Å². The molecule has 1 spiro atoms. The monoisotopic (exact) mass is 301 g/mol. The maximum Gasteiger partial charge on any atom is 0.288 e. The van der Waals surface area contributed by atoms with Gasteiger partial charge in [0, 0.05) is 18.5 Å². The topological polar surface area (TPSA) is 49.8 Å². The summed E-state index contributed by atoms with van der Waals surface area (Å²) in [5.41, 5.74) is 0.458. The third-order valence-electron chi connectivity index (χ3n) is 4.58. The molecule has 0 aromatic heterocycles. The fraction of sp³-hybridized carbons (Fsp3) is 0.500. The molecule has 1 heterocycles. The quantitative estimate of drug-likeness (QED) is 0.893. The second kappa shape index (κ2) is 5.67. The molecule has 2 aliphatic rings. The number of amides is 1. The van der Waals surface area contributed by atoms with Gasteiger partial charge in [-0.1, -0.05) is 38.5 Å². The summed E-state index contributed by atoms with van der Waals surface area (Å²) in [6.45, 7) is 3.80. The number of nitrogens with zero attached hydrogens (tertiary/aromatic N) is 1. The third kappa shape index (κ3) is 2.36. The number of aliphatic hydroxyl groups excluding tert-OH is 1. The highest BCUT2D eigenvalue weighted by molar-refractivity contribution is 6.07. The van der Waals surface area contributed by atoms with Gasteiger partial charge in [-0.2, -0.15) is 0 Å². The zero-order chi connectivity index (χ0) is 15.7. The second-order valence-corrected chi connectivity index (χ2v) is 6.46. The molecular weight excluding hydrogens is 278 g/mol. The van der Waals surface area contributed by atoms with Crippen molar-refractivity contribution in [3.63, 3.8) is 0 Å². The SMILES string of the molecule is CC(C)C1=C(O)OC2(CCCCC2)N(c2ccccc2)C1=O. The lowest BCUT2D eigenvalue weighted by Crippen LogP contribution is -2.58. The summed E-state index contributed by atoms with van der Waals surface area (Å²) in [7, 11) is 0. The molecule has 4 heteroatoms. The number of carbonyl (C=O) groups is 1. The first-order valence-corrected chi connectivity index (χ1v) is 8.07. The van der Waals surface area contributed by atoms with E-state index in [0.717, 1.165) is 37.8 Å². The smallest absolute Gasteiger partial charge is 0.288 e. The van der Waals surface area contributed by atoms with Gasteiger partial charge in [-0.3, -0.25) is 9.69 Å². The maximum absolute atomic E-state index is 13.1. The number of para-hydroxylation sites is 1. The molecule has 118 valence electrons. The Kier molecular flexibility index (Phi) is 3.85. The fourth-order valence-corrected chi connectivity index (χ4v) is 3.53. The van der Waals surface area contributed by atoms with Gasteiger partial charge < -0.3 is 9.84 Å². The van der Waals surface area contributed by atoms with Crippen molar-refractivity contribution < 1.29 is 14.6 Å². The van der Waals surface area contributed by atoms with E-state index in [0.29, 0.717) is 5.57 Å². The van der Waals surface area contributed by atoms with Gasteiger partial charge in [0.15, 0.2) is 5.72 Å². The molecule has 1 aliphatic heterocycles. The first-order chi connectivity index (χ1) is 10.6. The van der Waals surface area contributed by atoms with Crippen molar-refractivity contribution in [1.82, 2.24) is 0 Å². The number of benzene rings is 1. The molecule has 0 radical (unpaired) electrons. The minimum absolute atomic E-state index is 0.0837. The predicted molar refractivity (Wildman–Crippen MR) is 85.3 cm³/mol. The molecule has 1 aromatic rings. The summed E-state index contributed by atoms with van der Waals surface area (Å²) in [6.07, 6.45) is 4.65. The Morgan fingerprint density at radius 3 is 2.36 bits per heavy atom. The van der Waals surface area contributed by atoms with Crippen molar-refractivity contribution in [2.75, 3.05) is 4.90 Å². The molecule has 1 aromatic carbocycles. The van der Waals surface area contributed by atoms with Crippen LogP contribution >= 0.6 is 0 Å². The minimum atomic E-state index is -0.737. The number of ether oxygens (including phenoxy) is 1. The van der Waals surface area contributed by atoms with Gasteiger partial charge in [-0.05, 0) is 30.9 Å². The van der Waals surface area contributed by atoms with E-state index in [2.05, 4.69) is 0 Å².